The Kier molecular flexibility index (Phi) is 8.43. The number of benzene rings is 1. The van der Waals surface area contributed by atoms with Crippen LogP contribution in [0.15, 0.2) is 18.2 Å². The number of rotatable bonds is 10. The minimum Gasteiger partial charge on any atom is -0.483 e. The lowest BCUT2D eigenvalue weighted by Gasteiger charge is -2.09. The number of ketones is 1. The summed E-state index contributed by atoms with van der Waals surface area (Å²) in [4.78, 5) is 11.2. The van der Waals surface area contributed by atoms with Crippen LogP contribution in [0.2, 0.25) is 0 Å². The van der Waals surface area contributed by atoms with E-state index in [0.717, 1.165) is 37.9 Å². The molecular formula is C17H26O2S. The zero-order chi connectivity index (χ0) is 14.8. The molecule has 1 aromatic rings. The summed E-state index contributed by atoms with van der Waals surface area (Å²) in [5, 5.41) is 0. The minimum absolute atomic E-state index is 0.383. The molecule has 0 amide bonds. The summed E-state index contributed by atoms with van der Waals surface area (Å²) in [5.74, 6) is 2.05. The second kappa shape index (κ2) is 9.87. The third-order valence-corrected chi connectivity index (χ3v) is 3.62. The van der Waals surface area contributed by atoms with Gasteiger partial charge in [0.1, 0.15) is 17.5 Å². The van der Waals surface area contributed by atoms with E-state index in [9.17, 15) is 4.79 Å². The smallest absolute Gasteiger partial charge is 0.133 e. The number of carbonyl (C=O) groups is 1. The van der Waals surface area contributed by atoms with Crippen LogP contribution in [-0.2, 0) is 11.2 Å². The van der Waals surface area contributed by atoms with Crippen molar-refractivity contribution in [1.29, 1.82) is 0 Å². The van der Waals surface area contributed by atoms with Gasteiger partial charge in [-0.2, -0.15) is 0 Å². The van der Waals surface area contributed by atoms with Crippen molar-refractivity contribution in [1.82, 2.24) is 0 Å². The molecule has 0 atom stereocenters. The van der Waals surface area contributed by atoms with Crippen molar-refractivity contribution < 1.29 is 9.53 Å². The van der Waals surface area contributed by atoms with Crippen LogP contribution in [-0.4, -0.2) is 18.0 Å². The van der Waals surface area contributed by atoms with Crippen molar-refractivity contribution in [3.05, 3.63) is 29.3 Å². The molecule has 0 aliphatic heterocycles. The molecule has 0 radical (unpaired) electrons. The molecule has 0 heterocycles. The lowest BCUT2D eigenvalue weighted by atomic mass is 10.0. The van der Waals surface area contributed by atoms with Gasteiger partial charge >= 0.3 is 0 Å². The van der Waals surface area contributed by atoms with E-state index in [2.05, 4.69) is 25.1 Å². The maximum Gasteiger partial charge on any atom is 0.133 e. The molecule has 0 bridgehead atoms. The predicted octanol–water partition coefficient (Wildman–Crippen LogP) is 4.78. The zero-order valence-electron chi connectivity index (χ0n) is 12.9. The molecule has 1 aromatic carbocycles. The molecule has 0 unspecified atom stereocenters. The molecule has 112 valence electrons. The average Bonchev–Trinajstić information content (AvgIpc) is 2.44. The van der Waals surface area contributed by atoms with Gasteiger partial charge in [-0.3, -0.25) is 4.79 Å². The Morgan fingerprint density at radius 1 is 1.20 bits per heavy atom. The van der Waals surface area contributed by atoms with Gasteiger partial charge in [0.2, 0.25) is 0 Å². The number of hydrogen-bond acceptors (Lipinski definition) is 3. The van der Waals surface area contributed by atoms with E-state index in [1.54, 1.807) is 11.8 Å². The van der Waals surface area contributed by atoms with Gasteiger partial charge in [-0.1, -0.05) is 19.4 Å². The molecule has 1 rings (SSSR count). The zero-order valence-corrected chi connectivity index (χ0v) is 13.7. The van der Waals surface area contributed by atoms with Gasteiger partial charge in [-0.15, -0.1) is 11.8 Å². The number of carbonyl (C=O) groups excluding carboxylic acids is 1. The SMILES string of the molecule is CCC(=O)CCCCCc1cc(C)cc(OCSC)c1. The van der Waals surface area contributed by atoms with Crippen molar-refractivity contribution in [2.45, 2.75) is 52.4 Å². The molecule has 3 heteroatoms. The molecule has 0 aromatic heterocycles. The third kappa shape index (κ3) is 6.99. The summed E-state index contributed by atoms with van der Waals surface area (Å²) >= 11 is 1.68. The van der Waals surface area contributed by atoms with Gasteiger partial charge < -0.3 is 4.74 Å². The van der Waals surface area contributed by atoms with Crippen LogP contribution in [0, 0.1) is 6.92 Å². The highest BCUT2D eigenvalue weighted by Crippen LogP contribution is 2.19. The van der Waals surface area contributed by atoms with Gasteiger partial charge in [-0.25, -0.2) is 0 Å². The first kappa shape index (κ1) is 17.1. The molecule has 2 nitrogen and oxygen atoms in total. The fourth-order valence-corrected chi connectivity index (χ4v) is 2.44. The van der Waals surface area contributed by atoms with Gasteiger partial charge in [0.15, 0.2) is 0 Å². The summed E-state index contributed by atoms with van der Waals surface area (Å²) in [7, 11) is 0. The van der Waals surface area contributed by atoms with Crippen molar-refractivity contribution in [2.75, 3.05) is 12.2 Å². The molecule has 0 saturated heterocycles. The van der Waals surface area contributed by atoms with E-state index < -0.39 is 0 Å². The Morgan fingerprint density at radius 3 is 2.70 bits per heavy atom. The van der Waals surface area contributed by atoms with E-state index in [1.807, 2.05) is 13.2 Å². The number of thioether (sulfide) groups is 1. The van der Waals surface area contributed by atoms with E-state index in [1.165, 1.54) is 11.1 Å². The van der Waals surface area contributed by atoms with E-state index in [0.29, 0.717) is 18.1 Å². The van der Waals surface area contributed by atoms with Crippen LogP contribution in [0.1, 0.15) is 50.2 Å². The second-order valence-electron chi connectivity index (χ2n) is 5.16. The number of hydrogen-bond donors (Lipinski definition) is 0. The van der Waals surface area contributed by atoms with Gasteiger partial charge in [0.25, 0.3) is 0 Å². The second-order valence-corrected chi connectivity index (χ2v) is 5.97. The highest BCUT2D eigenvalue weighted by atomic mass is 32.2. The number of aryl methyl sites for hydroxylation is 2. The fourth-order valence-electron chi connectivity index (χ4n) is 2.18. The quantitative estimate of drug-likeness (QED) is 0.459. The lowest BCUT2D eigenvalue weighted by Crippen LogP contribution is -1.96. The molecule has 0 aliphatic carbocycles. The van der Waals surface area contributed by atoms with Crippen molar-refractivity contribution in [3.8, 4) is 5.75 Å². The van der Waals surface area contributed by atoms with Gasteiger partial charge in [0, 0.05) is 12.8 Å². The topological polar surface area (TPSA) is 26.3 Å². The Labute approximate surface area is 127 Å². The summed E-state index contributed by atoms with van der Waals surface area (Å²) < 4.78 is 5.67. The number of Topliss-reactive ketones (excluding diaryl/α,β-unsaturated/α-hetero) is 1. The molecule has 0 fully saturated rings. The summed E-state index contributed by atoms with van der Waals surface area (Å²) in [6.07, 6.45) is 7.81. The molecule has 0 N–H and O–H groups in total. The standard InChI is InChI=1S/C17H26O2S/c1-4-16(18)9-7-5-6-8-15-10-14(2)11-17(12-15)19-13-20-3/h10-12H,4-9,13H2,1-3H3. The number of ether oxygens (including phenoxy) is 1. The number of unbranched alkanes of at least 4 members (excludes halogenated alkanes) is 2. The van der Waals surface area contributed by atoms with Crippen LogP contribution in [0.5, 0.6) is 5.75 Å². The maximum absolute atomic E-state index is 11.2. The fraction of sp³-hybridized carbons (Fsp3) is 0.588. The predicted molar refractivity (Wildman–Crippen MR) is 87.7 cm³/mol. The Bertz CT molecular complexity index is 415. The Hall–Kier alpha value is -0.960. The minimum atomic E-state index is 0.383. The van der Waals surface area contributed by atoms with Crippen molar-refractivity contribution in [3.63, 3.8) is 0 Å². The first-order valence-electron chi connectivity index (χ1n) is 7.39. The van der Waals surface area contributed by atoms with E-state index in [4.69, 9.17) is 4.74 Å². The summed E-state index contributed by atoms with van der Waals surface area (Å²) in [6, 6.07) is 6.45. The van der Waals surface area contributed by atoms with Gasteiger partial charge in [-0.05, 0) is 55.7 Å². The molecule has 20 heavy (non-hydrogen) atoms. The highest BCUT2D eigenvalue weighted by molar-refractivity contribution is 7.98. The molecule has 0 spiro atoms. The molecule has 0 saturated carbocycles. The van der Waals surface area contributed by atoms with Crippen LogP contribution in [0.4, 0.5) is 0 Å². The molecule has 0 aliphatic rings. The Balaban J connectivity index is 2.35. The monoisotopic (exact) mass is 294 g/mol. The normalized spacial score (nSPS) is 10.6. The van der Waals surface area contributed by atoms with Gasteiger partial charge in [0.05, 0.1) is 0 Å². The van der Waals surface area contributed by atoms with Crippen LogP contribution in [0.3, 0.4) is 0 Å². The maximum atomic E-state index is 11.2. The van der Waals surface area contributed by atoms with Crippen LogP contribution >= 0.6 is 11.8 Å². The Morgan fingerprint density at radius 2 is 2.00 bits per heavy atom. The summed E-state index contributed by atoms with van der Waals surface area (Å²) in [5.41, 5.74) is 2.59. The van der Waals surface area contributed by atoms with E-state index in [-0.39, 0.29) is 0 Å². The van der Waals surface area contributed by atoms with Crippen LogP contribution in [0.25, 0.3) is 0 Å². The molecular weight excluding hydrogens is 268 g/mol. The van der Waals surface area contributed by atoms with Crippen LogP contribution < -0.4 is 4.74 Å². The van der Waals surface area contributed by atoms with Crippen molar-refractivity contribution >= 4 is 17.5 Å². The van der Waals surface area contributed by atoms with Crippen molar-refractivity contribution in [2.24, 2.45) is 0 Å². The highest BCUT2D eigenvalue weighted by Gasteiger charge is 2.01. The first-order valence-corrected chi connectivity index (χ1v) is 8.79. The first-order chi connectivity index (χ1) is 9.65. The third-order valence-electron chi connectivity index (χ3n) is 3.27. The largest absolute Gasteiger partial charge is 0.483 e. The lowest BCUT2D eigenvalue weighted by molar-refractivity contribution is -0.118. The average molecular weight is 294 g/mol. The summed E-state index contributed by atoms with van der Waals surface area (Å²) in [6.45, 7) is 4.04. The van der Waals surface area contributed by atoms with E-state index >= 15 is 0 Å².